The van der Waals surface area contributed by atoms with Crippen LogP contribution in [0.15, 0.2) is 53.5 Å². The van der Waals surface area contributed by atoms with Crippen LogP contribution in [0.25, 0.3) is 0 Å². The van der Waals surface area contributed by atoms with Gasteiger partial charge in [0.2, 0.25) is 0 Å². The van der Waals surface area contributed by atoms with E-state index in [4.69, 9.17) is 4.99 Å². The maximum atomic E-state index is 4.73. The molecular weight excluding hydrogens is 316 g/mol. The van der Waals surface area contributed by atoms with Crippen LogP contribution in [0.1, 0.15) is 81.3 Å². The lowest BCUT2D eigenvalue weighted by Gasteiger charge is -2.12. The Hall–Kier alpha value is -2.09. The molecule has 2 aliphatic rings. The van der Waals surface area contributed by atoms with Gasteiger partial charge in [-0.15, -0.1) is 0 Å². The van der Waals surface area contributed by atoms with Crippen LogP contribution < -0.4 is 5.32 Å². The Balaban J connectivity index is 1.38. The average molecular weight is 347 g/mol. The fourth-order valence-electron chi connectivity index (χ4n) is 4.61. The lowest BCUT2D eigenvalue weighted by Crippen LogP contribution is -2.06. The van der Waals surface area contributed by atoms with Gasteiger partial charge in [0.1, 0.15) is 5.84 Å². The van der Waals surface area contributed by atoms with Gasteiger partial charge in [0.25, 0.3) is 0 Å². The fraction of sp³-hybridized carbons (Fsp3) is 0.458. The first-order chi connectivity index (χ1) is 12.8. The van der Waals surface area contributed by atoms with Crippen LogP contribution in [0.3, 0.4) is 0 Å². The van der Waals surface area contributed by atoms with Crippen molar-refractivity contribution in [2.45, 2.75) is 70.1 Å². The molecule has 0 saturated heterocycles. The van der Waals surface area contributed by atoms with Crippen molar-refractivity contribution in [1.82, 2.24) is 0 Å². The molecule has 2 fully saturated rings. The number of aliphatic imine (C=N–C) groups is 1. The van der Waals surface area contributed by atoms with Crippen LogP contribution in [0, 0.1) is 0 Å². The number of nitrogens with zero attached hydrogens (tertiary/aromatic N) is 1. The van der Waals surface area contributed by atoms with Gasteiger partial charge in [-0.25, -0.2) is 4.99 Å². The van der Waals surface area contributed by atoms with Gasteiger partial charge in [0.15, 0.2) is 0 Å². The summed E-state index contributed by atoms with van der Waals surface area (Å²) < 4.78 is 0. The Labute approximate surface area is 157 Å². The molecule has 0 radical (unpaired) electrons. The van der Waals surface area contributed by atoms with E-state index in [1.54, 1.807) is 0 Å². The molecule has 0 aromatic heterocycles. The Morgan fingerprint density at radius 2 is 1.19 bits per heavy atom. The van der Waals surface area contributed by atoms with Crippen molar-refractivity contribution in [2.75, 3.05) is 5.32 Å². The van der Waals surface area contributed by atoms with Gasteiger partial charge in [-0.05, 0) is 79.8 Å². The van der Waals surface area contributed by atoms with Gasteiger partial charge in [-0.3, -0.25) is 0 Å². The van der Waals surface area contributed by atoms with E-state index in [2.05, 4.69) is 53.8 Å². The Morgan fingerprint density at radius 3 is 1.69 bits per heavy atom. The van der Waals surface area contributed by atoms with E-state index in [-0.39, 0.29) is 0 Å². The highest BCUT2D eigenvalue weighted by Crippen LogP contribution is 2.35. The summed E-state index contributed by atoms with van der Waals surface area (Å²) in [5.41, 5.74) is 5.12. The van der Waals surface area contributed by atoms with E-state index in [1.807, 2.05) is 6.92 Å². The predicted molar refractivity (Wildman–Crippen MR) is 112 cm³/mol. The quantitative estimate of drug-likeness (QED) is 0.461. The zero-order chi connectivity index (χ0) is 17.8. The van der Waals surface area contributed by atoms with E-state index in [0.29, 0.717) is 0 Å². The Bertz CT molecular complexity index is 731. The van der Waals surface area contributed by atoms with E-state index < -0.39 is 0 Å². The molecule has 1 N–H and O–H groups in total. The van der Waals surface area contributed by atoms with E-state index in [1.165, 1.54) is 62.5 Å². The number of amidine groups is 1. The van der Waals surface area contributed by atoms with Crippen LogP contribution in [-0.4, -0.2) is 5.84 Å². The molecule has 0 heterocycles. The van der Waals surface area contributed by atoms with Crippen molar-refractivity contribution in [1.29, 1.82) is 0 Å². The smallest absolute Gasteiger partial charge is 0.103 e. The Kier molecular flexibility index (Phi) is 5.38. The molecule has 0 aliphatic heterocycles. The first-order valence-electron chi connectivity index (χ1n) is 10.3. The summed E-state index contributed by atoms with van der Waals surface area (Å²) in [6.45, 7) is 2.04. The number of hydrogen-bond acceptors (Lipinski definition) is 1. The zero-order valence-electron chi connectivity index (χ0n) is 15.9. The maximum Gasteiger partial charge on any atom is 0.103 e. The molecule has 0 spiro atoms. The first-order valence-corrected chi connectivity index (χ1v) is 10.3. The molecule has 0 bridgehead atoms. The molecule has 26 heavy (non-hydrogen) atoms. The summed E-state index contributed by atoms with van der Waals surface area (Å²) in [5, 5.41) is 3.43. The first kappa shape index (κ1) is 17.3. The highest BCUT2D eigenvalue weighted by atomic mass is 15.0. The minimum Gasteiger partial charge on any atom is -0.344 e. The van der Waals surface area contributed by atoms with Gasteiger partial charge >= 0.3 is 0 Å². The molecule has 2 aromatic carbocycles. The second-order valence-electron chi connectivity index (χ2n) is 8.00. The second-order valence-corrected chi connectivity index (χ2v) is 8.00. The summed E-state index contributed by atoms with van der Waals surface area (Å²) in [4.78, 5) is 4.73. The third-order valence-corrected chi connectivity index (χ3v) is 6.08. The summed E-state index contributed by atoms with van der Waals surface area (Å²) in [6.07, 6.45) is 10.9. The number of anilines is 1. The van der Waals surface area contributed by atoms with E-state index >= 15 is 0 Å². The lowest BCUT2D eigenvalue weighted by molar-refractivity contribution is 0.723. The molecule has 2 nitrogen and oxygen atoms in total. The Morgan fingerprint density at radius 1 is 0.731 bits per heavy atom. The number of rotatable bonds is 4. The van der Waals surface area contributed by atoms with E-state index in [9.17, 15) is 0 Å². The molecule has 2 aromatic rings. The van der Waals surface area contributed by atoms with Crippen molar-refractivity contribution >= 4 is 17.2 Å². The summed E-state index contributed by atoms with van der Waals surface area (Å²) in [5.74, 6) is 2.48. The molecule has 4 rings (SSSR count). The van der Waals surface area contributed by atoms with Crippen LogP contribution in [0.4, 0.5) is 11.4 Å². The minimum atomic E-state index is 0.769. The van der Waals surface area contributed by atoms with Crippen LogP contribution >= 0.6 is 0 Å². The van der Waals surface area contributed by atoms with Crippen LogP contribution in [-0.2, 0) is 0 Å². The summed E-state index contributed by atoms with van der Waals surface area (Å²) in [6, 6.07) is 17.8. The van der Waals surface area contributed by atoms with Gasteiger partial charge in [0.05, 0.1) is 5.69 Å². The lowest BCUT2D eigenvalue weighted by atomic mass is 9.97. The van der Waals surface area contributed by atoms with Gasteiger partial charge in [-0.1, -0.05) is 49.9 Å². The van der Waals surface area contributed by atoms with Gasteiger partial charge in [-0.2, -0.15) is 0 Å². The molecule has 2 saturated carbocycles. The molecule has 0 atom stereocenters. The molecule has 136 valence electrons. The topological polar surface area (TPSA) is 24.4 Å². The minimum absolute atomic E-state index is 0.769. The molecule has 0 amide bonds. The van der Waals surface area contributed by atoms with Gasteiger partial charge < -0.3 is 5.32 Å². The second kappa shape index (κ2) is 8.07. The van der Waals surface area contributed by atoms with Crippen LogP contribution in [0.2, 0.25) is 0 Å². The third kappa shape index (κ3) is 4.17. The SMILES string of the molecule is CC(=Nc1ccc(C2CCCC2)cc1)Nc1ccc(C2CCCC2)cc1. The number of nitrogens with one attached hydrogen (secondary N) is 1. The maximum absolute atomic E-state index is 4.73. The standard InChI is InChI=1S/C24H30N2/c1-18(25-23-14-10-21(11-15-23)19-6-2-3-7-19)26-24-16-12-22(13-17-24)20-8-4-5-9-20/h10-17,19-20H,2-9H2,1H3,(H,25,26). The molecule has 0 unspecified atom stereocenters. The van der Waals surface area contributed by atoms with E-state index in [0.717, 1.165) is 29.0 Å². The van der Waals surface area contributed by atoms with Crippen molar-refractivity contribution in [3.63, 3.8) is 0 Å². The highest BCUT2D eigenvalue weighted by molar-refractivity contribution is 5.95. The largest absolute Gasteiger partial charge is 0.344 e. The number of hydrogen-bond donors (Lipinski definition) is 1. The fourth-order valence-corrected chi connectivity index (χ4v) is 4.61. The van der Waals surface area contributed by atoms with Crippen molar-refractivity contribution in [3.8, 4) is 0 Å². The van der Waals surface area contributed by atoms with Crippen molar-refractivity contribution in [2.24, 2.45) is 4.99 Å². The summed E-state index contributed by atoms with van der Waals surface area (Å²) >= 11 is 0. The van der Waals surface area contributed by atoms with Crippen LogP contribution in [0.5, 0.6) is 0 Å². The molecule has 2 aliphatic carbocycles. The monoisotopic (exact) mass is 346 g/mol. The predicted octanol–water partition coefficient (Wildman–Crippen LogP) is 7.16. The third-order valence-electron chi connectivity index (χ3n) is 6.08. The number of benzene rings is 2. The zero-order valence-corrected chi connectivity index (χ0v) is 15.9. The summed E-state index contributed by atoms with van der Waals surface area (Å²) in [7, 11) is 0. The highest BCUT2D eigenvalue weighted by Gasteiger charge is 2.17. The molecule has 2 heteroatoms. The van der Waals surface area contributed by atoms with Gasteiger partial charge in [0, 0.05) is 5.69 Å². The van der Waals surface area contributed by atoms with Crippen molar-refractivity contribution in [3.05, 3.63) is 59.7 Å². The van der Waals surface area contributed by atoms with Crippen molar-refractivity contribution < 1.29 is 0 Å². The normalized spacial score (nSPS) is 19.2. The molecular formula is C24H30N2. The average Bonchev–Trinajstić information content (AvgIpc) is 3.37.